The Hall–Kier alpha value is -3.73. The van der Waals surface area contributed by atoms with Gasteiger partial charge < -0.3 is 24.3 Å². The number of anilines is 1. The fourth-order valence-electron chi connectivity index (χ4n) is 3.20. The van der Waals surface area contributed by atoms with E-state index in [4.69, 9.17) is 18.9 Å². The number of hydrogen-bond donors (Lipinski definition) is 1. The fraction of sp³-hybridized carbons (Fsp3) is 0.381. The zero-order chi connectivity index (χ0) is 23.3. The summed E-state index contributed by atoms with van der Waals surface area (Å²) < 4.78 is 22.2. The molecular weight excluding hydrogens is 422 g/mol. The topological polar surface area (TPSA) is 135 Å². The molecule has 1 aromatic heterocycles. The summed E-state index contributed by atoms with van der Waals surface area (Å²) >= 11 is 0. The molecule has 0 radical (unpaired) electrons. The van der Waals surface area contributed by atoms with Gasteiger partial charge in [0.2, 0.25) is 0 Å². The molecule has 1 aromatic carbocycles. The number of benzene rings is 1. The van der Waals surface area contributed by atoms with Crippen LogP contribution < -0.4 is 15.7 Å². The standard InChI is InChI=1S/C21H23N3O8/c1-12(25)30-11-16-10-17(31-13(2)26)20(32-16)24-9-8-18(23-21(24)28)22-19(27)14-4-6-15(29-3)7-5-14/h4-9,16-17,20H,10-11H2,1-3H3,(H,22,23,27,28)/t16-,17+,20+/m0/s1. The molecule has 1 amide bonds. The minimum Gasteiger partial charge on any atom is -0.497 e. The minimum atomic E-state index is -0.953. The van der Waals surface area contributed by atoms with Crippen molar-refractivity contribution in [3.05, 3.63) is 52.6 Å². The van der Waals surface area contributed by atoms with Gasteiger partial charge in [-0.2, -0.15) is 4.98 Å². The molecule has 1 aliphatic rings. The third-order valence-electron chi connectivity index (χ3n) is 4.63. The zero-order valence-electron chi connectivity index (χ0n) is 17.8. The van der Waals surface area contributed by atoms with Crippen LogP contribution in [0.2, 0.25) is 0 Å². The smallest absolute Gasteiger partial charge is 0.351 e. The van der Waals surface area contributed by atoms with Gasteiger partial charge in [0.05, 0.1) is 13.2 Å². The summed E-state index contributed by atoms with van der Waals surface area (Å²) in [6.07, 6.45) is -0.665. The first kappa shape index (κ1) is 22.9. The van der Waals surface area contributed by atoms with E-state index >= 15 is 0 Å². The first-order chi connectivity index (χ1) is 15.3. The van der Waals surface area contributed by atoms with Gasteiger partial charge in [-0.1, -0.05) is 0 Å². The number of methoxy groups -OCH3 is 1. The highest BCUT2D eigenvalue weighted by atomic mass is 16.6. The zero-order valence-corrected chi connectivity index (χ0v) is 17.8. The van der Waals surface area contributed by atoms with Crippen LogP contribution in [0.1, 0.15) is 36.9 Å². The van der Waals surface area contributed by atoms with Gasteiger partial charge in [-0.15, -0.1) is 0 Å². The molecule has 170 valence electrons. The average Bonchev–Trinajstić information content (AvgIpc) is 3.14. The molecule has 32 heavy (non-hydrogen) atoms. The number of ether oxygens (including phenoxy) is 4. The van der Waals surface area contributed by atoms with Crippen LogP contribution in [0.5, 0.6) is 5.75 Å². The maximum Gasteiger partial charge on any atom is 0.351 e. The Balaban J connectivity index is 1.74. The summed E-state index contributed by atoms with van der Waals surface area (Å²) in [5.74, 6) is -0.814. The van der Waals surface area contributed by atoms with Crippen molar-refractivity contribution in [3.63, 3.8) is 0 Å². The Morgan fingerprint density at radius 3 is 2.47 bits per heavy atom. The lowest BCUT2D eigenvalue weighted by molar-refractivity contribution is -0.153. The van der Waals surface area contributed by atoms with E-state index in [0.717, 1.165) is 4.57 Å². The van der Waals surface area contributed by atoms with E-state index in [1.54, 1.807) is 24.3 Å². The molecule has 11 nitrogen and oxygen atoms in total. The molecule has 1 N–H and O–H groups in total. The maximum atomic E-state index is 12.6. The quantitative estimate of drug-likeness (QED) is 0.625. The highest BCUT2D eigenvalue weighted by Gasteiger charge is 2.40. The number of esters is 2. The van der Waals surface area contributed by atoms with Crippen LogP contribution in [0, 0.1) is 0 Å². The molecule has 1 fully saturated rings. The largest absolute Gasteiger partial charge is 0.497 e. The van der Waals surface area contributed by atoms with Gasteiger partial charge in [-0.05, 0) is 30.3 Å². The first-order valence-corrected chi connectivity index (χ1v) is 9.77. The molecule has 0 unspecified atom stereocenters. The highest BCUT2D eigenvalue weighted by Crippen LogP contribution is 2.31. The van der Waals surface area contributed by atoms with Crippen molar-refractivity contribution in [2.24, 2.45) is 0 Å². The van der Waals surface area contributed by atoms with Gasteiger partial charge in [0.15, 0.2) is 6.23 Å². The fourth-order valence-corrected chi connectivity index (χ4v) is 3.20. The Morgan fingerprint density at radius 2 is 1.88 bits per heavy atom. The normalized spacial score (nSPS) is 19.8. The van der Waals surface area contributed by atoms with Crippen molar-refractivity contribution < 1.29 is 33.3 Å². The Labute approximate surface area is 183 Å². The van der Waals surface area contributed by atoms with Gasteiger partial charge in [-0.25, -0.2) is 4.79 Å². The van der Waals surface area contributed by atoms with Crippen LogP contribution in [-0.2, 0) is 23.8 Å². The molecule has 0 saturated carbocycles. The van der Waals surface area contributed by atoms with E-state index in [1.165, 1.54) is 33.2 Å². The van der Waals surface area contributed by atoms with Crippen molar-refractivity contribution in [2.45, 2.75) is 38.7 Å². The SMILES string of the molecule is COc1ccc(C(=O)Nc2ccn([C@@H]3O[C@H](COC(C)=O)C[C@H]3OC(C)=O)c(=O)n2)cc1. The molecule has 3 rings (SSSR count). The summed E-state index contributed by atoms with van der Waals surface area (Å²) in [6, 6.07) is 7.86. The van der Waals surface area contributed by atoms with Crippen LogP contribution in [0.25, 0.3) is 0 Å². The lowest BCUT2D eigenvalue weighted by Gasteiger charge is -2.20. The molecule has 0 aliphatic carbocycles. The predicted octanol–water partition coefficient (Wildman–Crippen LogP) is 1.29. The lowest BCUT2D eigenvalue weighted by atomic mass is 10.2. The van der Waals surface area contributed by atoms with Crippen molar-refractivity contribution in [1.29, 1.82) is 0 Å². The lowest BCUT2D eigenvalue weighted by Crippen LogP contribution is -2.34. The predicted molar refractivity (Wildman–Crippen MR) is 110 cm³/mol. The Kier molecular flexibility index (Phi) is 7.21. The molecule has 0 spiro atoms. The number of carbonyl (C=O) groups excluding carboxylic acids is 3. The number of carbonyl (C=O) groups is 3. The molecule has 3 atom stereocenters. The van der Waals surface area contributed by atoms with Crippen LogP contribution >= 0.6 is 0 Å². The summed E-state index contributed by atoms with van der Waals surface area (Å²) in [7, 11) is 1.52. The van der Waals surface area contributed by atoms with Crippen LogP contribution in [0.3, 0.4) is 0 Å². The van der Waals surface area contributed by atoms with Gasteiger partial charge in [0.1, 0.15) is 24.3 Å². The molecular formula is C21H23N3O8. The van der Waals surface area contributed by atoms with Crippen molar-refractivity contribution in [2.75, 3.05) is 19.0 Å². The maximum absolute atomic E-state index is 12.6. The van der Waals surface area contributed by atoms with E-state index in [2.05, 4.69) is 10.3 Å². The van der Waals surface area contributed by atoms with Gasteiger partial charge in [0, 0.05) is 32.0 Å². The summed E-state index contributed by atoms with van der Waals surface area (Å²) in [6.45, 7) is 2.47. The average molecular weight is 445 g/mol. The van der Waals surface area contributed by atoms with Crippen LogP contribution in [0.15, 0.2) is 41.3 Å². The monoisotopic (exact) mass is 445 g/mol. The van der Waals surface area contributed by atoms with Gasteiger partial charge in [0.25, 0.3) is 5.91 Å². The van der Waals surface area contributed by atoms with E-state index < -0.39 is 42.0 Å². The third-order valence-corrected chi connectivity index (χ3v) is 4.63. The van der Waals surface area contributed by atoms with Crippen LogP contribution in [-0.4, -0.2) is 53.3 Å². The summed E-state index contributed by atoms with van der Waals surface area (Å²) in [5.41, 5.74) is -0.355. The molecule has 0 bridgehead atoms. The molecule has 1 saturated heterocycles. The summed E-state index contributed by atoms with van der Waals surface area (Å²) in [5, 5.41) is 2.55. The van der Waals surface area contributed by atoms with Gasteiger partial charge in [-0.3, -0.25) is 19.0 Å². The third kappa shape index (κ3) is 5.70. The van der Waals surface area contributed by atoms with E-state index in [-0.39, 0.29) is 18.8 Å². The number of hydrogen-bond acceptors (Lipinski definition) is 9. The highest BCUT2D eigenvalue weighted by molar-refractivity contribution is 6.03. The number of nitrogens with one attached hydrogen (secondary N) is 1. The molecule has 11 heteroatoms. The second kappa shape index (κ2) is 10.1. The van der Waals surface area contributed by atoms with Crippen molar-refractivity contribution in [1.82, 2.24) is 9.55 Å². The number of aromatic nitrogens is 2. The number of nitrogens with zero attached hydrogens (tertiary/aromatic N) is 2. The van der Waals surface area contributed by atoms with Crippen molar-refractivity contribution >= 4 is 23.7 Å². The Bertz CT molecular complexity index is 1050. The second-order valence-electron chi connectivity index (χ2n) is 7.02. The van der Waals surface area contributed by atoms with E-state index in [0.29, 0.717) is 11.3 Å². The van der Waals surface area contributed by atoms with Crippen LogP contribution in [0.4, 0.5) is 5.82 Å². The summed E-state index contributed by atoms with van der Waals surface area (Å²) in [4.78, 5) is 51.4. The molecule has 1 aliphatic heterocycles. The second-order valence-corrected chi connectivity index (χ2v) is 7.02. The first-order valence-electron chi connectivity index (χ1n) is 9.77. The van der Waals surface area contributed by atoms with Crippen molar-refractivity contribution in [3.8, 4) is 5.75 Å². The van der Waals surface area contributed by atoms with E-state index in [1.807, 2.05) is 0 Å². The van der Waals surface area contributed by atoms with Gasteiger partial charge >= 0.3 is 17.6 Å². The number of rotatable bonds is 7. The minimum absolute atomic E-state index is 0.0399. The van der Waals surface area contributed by atoms with E-state index in [9.17, 15) is 19.2 Å². The Morgan fingerprint density at radius 1 is 1.16 bits per heavy atom. The molecule has 2 heterocycles. The number of amides is 1. The molecule has 2 aromatic rings.